The molecular weight excluding hydrogens is 275 g/mol. The van der Waals surface area contributed by atoms with E-state index < -0.39 is 17.5 Å². The summed E-state index contributed by atoms with van der Waals surface area (Å²) in [5.74, 6) is 0.202. The minimum atomic E-state index is -4.21. The van der Waals surface area contributed by atoms with Crippen LogP contribution in [-0.2, 0) is 0 Å². The van der Waals surface area contributed by atoms with E-state index in [1.165, 1.54) is 12.1 Å². The summed E-state index contributed by atoms with van der Waals surface area (Å²) in [6.07, 6.45) is -5.33. The zero-order chi connectivity index (χ0) is 13.8. The van der Waals surface area contributed by atoms with Crippen LogP contribution < -0.4 is 4.74 Å². The molecule has 0 aromatic heterocycles. The van der Waals surface area contributed by atoms with Crippen molar-refractivity contribution in [2.24, 2.45) is 0 Å². The zero-order valence-electron chi connectivity index (χ0n) is 9.04. The second kappa shape index (κ2) is 5.90. The fraction of sp³-hybridized carbons (Fsp3) is 0.400. The Labute approximate surface area is 105 Å². The third-order valence-corrected chi connectivity index (χ3v) is 2.29. The van der Waals surface area contributed by atoms with Gasteiger partial charge in [-0.15, -0.1) is 0 Å². The van der Waals surface area contributed by atoms with Gasteiger partial charge in [0.25, 0.3) is 5.69 Å². The molecule has 0 atom stereocenters. The molecule has 0 aliphatic carbocycles. The van der Waals surface area contributed by atoms with E-state index in [2.05, 4.69) is 0 Å². The lowest BCUT2D eigenvalue weighted by Crippen LogP contribution is -2.09. The van der Waals surface area contributed by atoms with Gasteiger partial charge in [-0.3, -0.25) is 10.1 Å². The zero-order valence-corrected chi connectivity index (χ0v) is 9.79. The van der Waals surface area contributed by atoms with Gasteiger partial charge in [0.15, 0.2) is 0 Å². The number of alkyl halides is 3. The topological polar surface area (TPSA) is 52.4 Å². The average molecular weight is 284 g/mol. The molecule has 0 bridgehead atoms. The fourth-order valence-electron chi connectivity index (χ4n) is 1.19. The van der Waals surface area contributed by atoms with Crippen molar-refractivity contribution in [3.8, 4) is 5.75 Å². The largest absolute Gasteiger partial charge is 0.494 e. The number of benzene rings is 1. The van der Waals surface area contributed by atoms with Crippen LogP contribution in [0.5, 0.6) is 5.75 Å². The van der Waals surface area contributed by atoms with E-state index >= 15 is 0 Å². The standard InChI is InChI=1S/C10H9ClF3NO3/c11-8-6-7(2-3-9(8)15(16)17)18-5-1-4-10(12,13)14/h2-3,6H,1,4-5H2. The normalized spacial score (nSPS) is 11.3. The molecule has 1 rings (SSSR count). The van der Waals surface area contributed by atoms with Gasteiger partial charge in [0.1, 0.15) is 10.8 Å². The number of rotatable bonds is 5. The van der Waals surface area contributed by atoms with E-state index in [1.54, 1.807) is 0 Å². The van der Waals surface area contributed by atoms with Crippen molar-refractivity contribution in [3.63, 3.8) is 0 Å². The van der Waals surface area contributed by atoms with E-state index in [0.717, 1.165) is 6.07 Å². The summed E-state index contributed by atoms with van der Waals surface area (Å²) in [5, 5.41) is 10.3. The van der Waals surface area contributed by atoms with Crippen LogP contribution in [0.25, 0.3) is 0 Å². The summed E-state index contributed by atoms with van der Waals surface area (Å²) in [7, 11) is 0. The molecule has 0 saturated carbocycles. The van der Waals surface area contributed by atoms with E-state index in [4.69, 9.17) is 16.3 Å². The fourth-order valence-corrected chi connectivity index (χ4v) is 1.43. The van der Waals surface area contributed by atoms with Crippen molar-refractivity contribution >= 4 is 17.3 Å². The maximum atomic E-state index is 11.8. The highest BCUT2D eigenvalue weighted by molar-refractivity contribution is 6.32. The second-order valence-corrected chi connectivity index (χ2v) is 3.84. The van der Waals surface area contributed by atoms with E-state index in [1.807, 2.05) is 0 Å². The van der Waals surface area contributed by atoms with Crippen LogP contribution in [0.4, 0.5) is 18.9 Å². The first-order valence-electron chi connectivity index (χ1n) is 4.93. The summed E-state index contributed by atoms with van der Waals surface area (Å²) < 4.78 is 40.5. The Morgan fingerprint density at radius 3 is 2.56 bits per heavy atom. The van der Waals surface area contributed by atoms with Crippen LogP contribution in [0.1, 0.15) is 12.8 Å². The van der Waals surface area contributed by atoms with Crippen LogP contribution in [0.15, 0.2) is 18.2 Å². The number of nitro groups is 1. The Bertz CT molecular complexity index is 437. The summed E-state index contributed by atoms with van der Waals surface area (Å²) in [5.41, 5.74) is -0.278. The molecule has 0 aliphatic heterocycles. The molecule has 1 aromatic carbocycles. The molecule has 0 spiro atoms. The van der Waals surface area contributed by atoms with Crippen molar-refractivity contribution in [3.05, 3.63) is 33.3 Å². The molecule has 1 aromatic rings. The molecule has 100 valence electrons. The van der Waals surface area contributed by atoms with Crippen LogP contribution in [-0.4, -0.2) is 17.7 Å². The molecule has 0 saturated heterocycles. The van der Waals surface area contributed by atoms with E-state index in [-0.39, 0.29) is 29.5 Å². The molecule has 18 heavy (non-hydrogen) atoms. The van der Waals surface area contributed by atoms with Crippen LogP contribution >= 0.6 is 11.6 Å². The van der Waals surface area contributed by atoms with Gasteiger partial charge in [0, 0.05) is 18.6 Å². The number of hydrogen-bond acceptors (Lipinski definition) is 3. The molecule has 8 heteroatoms. The Kier molecular flexibility index (Phi) is 4.77. The summed E-state index contributed by atoms with van der Waals surface area (Å²) in [6.45, 7) is -0.131. The minimum Gasteiger partial charge on any atom is -0.494 e. The van der Waals surface area contributed by atoms with Gasteiger partial charge in [-0.25, -0.2) is 0 Å². The predicted octanol–water partition coefficient (Wildman–Crippen LogP) is 3.97. The highest BCUT2D eigenvalue weighted by Crippen LogP contribution is 2.28. The number of hydrogen-bond donors (Lipinski definition) is 0. The monoisotopic (exact) mass is 283 g/mol. The molecular formula is C10H9ClF3NO3. The van der Waals surface area contributed by atoms with E-state index in [9.17, 15) is 23.3 Å². The summed E-state index contributed by atoms with van der Waals surface area (Å²) >= 11 is 5.61. The SMILES string of the molecule is O=[N+]([O-])c1ccc(OCCCC(F)(F)F)cc1Cl. The Hall–Kier alpha value is -1.50. The number of nitro benzene ring substituents is 1. The van der Waals surface area contributed by atoms with Crippen molar-refractivity contribution < 1.29 is 22.8 Å². The minimum absolute atomic E-state index is 0.117. The van der Waals surface area contributed by atoms with Crippen LogP contribution in [0.2, 0.25) is 5.02 Å². The predicted molar refractivity (Wildman–Crippen MR) is 58.9 cm³/mol. The first-order chi connectivity index (χ1) is 8.29. The maximum Gasteiger partial charge on any atom is 0.389 e. The lowest BCUT2D eigenvalue weighted by molar-refractivity contribution is -0.384. The van der Waals surface area contributed by atoms with Crippen LogP contribution in [0.3, 0.4) is 0 Å². The summed E-state index contributed by atoms with van der Waals surface area (Å²) in [4.78, 5) is 9.80. The Morgan fingerprint density at radius 2 is 2.06 bits per heavy atom. The van der Waals surface area contributed by atoms with Gasteiger partial charge < -0.3 is 4.74 Å². The molecule has 0 radical (unpaired) electrons. The molecule has 4 nitrogen and oxygen atoms in total. The quantitative estimate of drug-likeness (QED) is 0.467. The Morgan fingerprint density at radius 1 is 1.39 bits per heavy atom. The molecule has 0 aliphatic rings. The lowest BCUT2D eigenvalue weighted by Gasteiger charge is -2.08. The van der Waals surface area contributed by atoms with Crippen molar-refractivity contribution in [1.82, 2.24) is 0 Å². The van der Waals surface area contributed by atoms with Crippen molar-refractivity contribution in [2.45, 2.75) is 19.0 Å². The first kappa shape index (κ1) is 14.6. The van der Waals surface area contributed by atoms with Gasteiger partial charge in [0.05, 0.1) is 11.5 Å². The van der Waals surface area contributed by atoms with Crippen molar-refractivity contribution in [1.29, 1.82) is 0 Å². The highest BCUT2D eigenvalue weighted by atomic mass is 35.5. The molecule has 0 fully saturated rings. The number of ether oxygens (including phenoxy) is 1. The molecule has 0 amide bonds. The highest BCUT2D eigenvalue weighted by Gasteiger charge is 2.26. The Balaban J connectivity index is 2.49. The summed E-state index contributed by atoms with van der Waals surface area (Å²) in [6, 6.07) is 3.63. The number of halogens is 4. The van der Waals surface area contributed by atoms with E-state index in [0.29, 0.717) is 0 Å². The van der Waals surface area contributed by atoms with Gasteiger partial charge in [-0.05, 0) is 12.5 Å². The second-order valence-electron chi connectivity index (χ2n) is 3.44. The van der Waals surface area contributed by atoms with Gasteiger partial charge in [0.2, 0.25) is 0 Å². The van der Waals surface area contributed by atoms with Crippen molar-refractivity contribution in [2.75, 3.05) is 6.61 Å². The van der Waals surface area contributed by atoms with Gasteiger partial charge in [-0.2, -0.15) is 13.2 Å². The number of nitrogens with zero attached hydrogens (tertiary/aromatic N) is 1. The smallest absolute Gasteiger partial charge is 0.389 e. The van der Waals surface area contributed by atoms with Gasteiger partial charge >= 0.3 is 6.18 Å². The average Bonchev–Trinajstić information content (AvgIpc) is 2.22. The maximum absolute atomic E-state index is 11.8. The van der Waals surface area contributed by atoms with Crippen LogP contribution in [0, 0.1) is 10.1 Å². The molecule has 0 unspecified atom stereocenters. The first-order valence-corrected chi connectivity index (χ1v) is 5.31. The third-order valence-electron chi connectivity index (χ3n) is 1.99. The molecule has 0 N–H and O–H groups in total. The third kappa shape index (κ3) is 4.79. The lowest BCUT2D eigenvalue weighted by atomic mass is 10.3. The van der Waals surface area contributed by atoms with Gasteiger partial charge in [-0.1, -0.05) is 11.6 Å². The molecule has 0 heterocycles.